The molecule has 4 nitrogen and oxygen atoms in total. The van der Waals surface area contributed by atoms with Gasteiger partial charge in [-0.15, -0.1) is 0 Å². The zero-order chi connectivity index (χ0) is 16.3. The number of amides is 1. The number of ether oxygens (including phenoxy) is 1. The first-order valence-corrected chi connectivity index (χ1v) is 8.76. The van der Waals surface area contributed by atoms with Crippen LogP contribution in [0.3, 0.4) is 0 Å². The number of halogens is 1. The maximum absolute atomic E-state index is 12.0. The molecule has 1 unspecified atom stereocenters. The van der Waals surface area contributed by atoms with E-state index in [9.17, 15) is 4.79 Å². The van der Waals surface area contributed by atoms with E-state index < -0.39 is 0 Å². The third kappa shape index (κ3) is 4.06. The second-order valence-electron chi connectivity index (χ2n) is 6.88. The molecule has 1 aromatic rings. The Hall–Kier alpha value is -1.10. The smallest absolute Gasteiger partial charge is 0.236 e. The molecule has 2 heterocycles. The molecule has 3 rings (SSSR count). The van der Waals surface area contributed by atoms with Crippen LogP contribution in [0.4, 0.5) is 0 Å². The van der Waals surface area contributed by atoms with Crippen LogP contribution in [0.25, 0.3) is 0 Å². The van der Waals surface area contributed by atoms with Gasteiger partial charge in [0.25, 0.3) is 0 Å². The van der Waals surface area contributed by atoms with Crippen molar-refractivity contribution in [3.8, 4) is 0 Å². The minimum absolute atomic E-state index is 0.207. The molecule has 0 aliphatic carbocycles. The van der Waals surface area contributed by atoms with Gasteiger partial charge in [-0.05, 0) is 55.8 Å². The zero-order valence-electron chi connectivity index (χ0n) is 13.7. The third-order valence-corrected chi connectivity index (χ3v) is 5.42. The molecule has 5 heteroatoms. The van der Waals surface area contributed by atoms with Crippen molar-refractivity contribution < 1.29 is 9.53 Å². The van der Waals surface area contributed by atoms with Crippen molar-refractivity contribution in [2.45, 2.75) is 31.8 Å². The standard InChI is InChI=1S/C18H25ClN2O2/c1-20-12-17(22)21-8-6-18(7-9-21)11-16(23-13-18)10-14-2-4-15(19)5-3-14/h2-5,16,20H,6-13H2,1H3. The molecule has 2 fully saturated rings. The number of nitrogens with one attached hydrogen (secondary N) is 1. The Kier molecular flexibility index (Phi) is 5.24. The number of nitrogens with zero attached hydrogens (tertiary/aromatic N) is 1. The first-order chi connectivity index (χ1) is 11.1. The molecule has 23 heavy (non-hydrogen) atoms. The molecule has 0 bridgehead atoms. The van der Waals surface area contributed by atoms with E-state index in [1.807, 2.05) is 24.1 Å². The molecule has 0 radical (unpaired) electrons. The number of carbonyl (C=O) groups excluding carboxylic acids is 1. The lowest BCUT2D eigenvalue weighted by molar-refractivity contribution is -0.132. The number of likely N-dealkylation sites (tertiary alicyclic amines) is 1. The molecule has 0 saturated carbocycles. The summed E-state index contributed by atoms with van der Waals surface area (Å²) in [6, 6.07) is 8.03. The number of likely N-dealkylation sites (N-methyl/N-ethyl adjacent to an activating group) is 1. The van der Waals surface area contributed by atoms with Crippen LogP contribution < -0.4 is 5.32 Å². The predicted molar refractivity (Wildman–Crippen MR) is 91.7 cm³/mol. The van der Waals surface area contributed by atoms with Crippen molar-refractivity contribution in [1.82, 2.24) is 10.2 Å². The molecule has 0 aromatic heterocycles. The normalized spacial score (nSPS) is 23.4. The largest absolute Gasteiger partial charge is 0.377 e. The highest BCUT2D eigenvalue weighted by Crippen LogP contribution is 2.42. The van der Waals surface area contributed by atoms with Crippen LogP contribution in [0, 0.1) is 5.41 Å². The highest BCUT2D eigenvalue weighted by Gasteiger charge is 2.42. The fourth-order valence-corrected chi connectivity index (χ4v) is 3.88. The topological polar surface area (TPSA) is 41.6 Å². The molecule has 1 spiro atoms. The lowest BCUT2D eigenvalue weighted by Gasteiger charge is -2.38. The summed E-state index contributed by atoms with van der Waals surface area (Å²) in [5.41, 5.74) is 1.55. The molecule has 2 saturated heterocycles. The molecule has 1 atom stereocenters. The number of hydrogen-bond donors (Lipinski definition) is 1. The van der Waals surface area contributed by atoms with Crippen LogP contribution in [-0.2, 0) is 16.0 Å². The van der Waals surface area contributed by atoms with Gasteiger partial charge in [0.15, 0.2) is 0 Å². The summed E-state index contributed by atoms with van der Waals surface area (Å²) in [5, 5.41) is 3.71. The van der Waals surface area contributed by atoms with Crippen LogP contribution in [-0.4, -0.2) is 50.2 Å². The minimum atomic E-state index is 0.207. The minimum Gasteiger partial charge on any atom is -0.377 e. The average molecular weight is 337 g/mol. The molecule has 126 valence electrons. The summed E-state index contributed by atoms with van der Waals surface area (Å²) < 4.78 is 6.07. The summed E-state index contributed by atoms with van der Waals surface area (Å²) in [7, 11) is 1.81. The SMILES string of the molecule is CNCC(=O)N1CCC2(CC1)COC(Cc1ccc(Cl)cc1)C2. The third-order valence-electron chi connectivity index (χ3n) is 5.17. The van der Waals surface area contributed by atoms with Gasteiger partial charge in [-0.25, -0.2) is 0 Å². The highest BCUT2D eigenvalue weighted by molar-refractivity contribution is 6.30. The average Bonchev–Trinajstić information content (AvgIpc) is 2.93. The fourth-order valence-electron chi connectivity index (χ4n) is 3.75. The Balaban J connectivity index is 1.51. The Morgan fingerprint density at radius 2 is 2.04 bits per heavy atom. The number of piperidine rings is 1. The van der Waals surface area contributed by atoms with Crippen molar-refractivity contribution in [2.24, 2.45) is 5.41 Å². The van der Waals surface area contributed by atoms with E-state index in [0.29, 0.717) is 6.54 Å². The summed E-state index contributed by atoms with van der Waals surface area (Å²) in [6.07, 6.45) is 4.44. The van der Waals surface area contributed by atoms with Gasteiger partial charge in [-0.2, -0.15) is 0 Å². The maximum Gasteiger partial charge on any atom is 0.236 e. The Labute approximate surface area is 143 Å². The molecular weight excluding hydrogens is 312 g/mol. The van der Waals surface area contributed by atoms with Crippen molar-refractivity contribution in [3.05, 3.63) is 34.9 Å². The Bertz CT molecular complexity index is 538. The summed E-state index contributed by atoms with van der Waals surface area (Å²) in [4.78, 5) is 13.9. The van der Waals surface area contributed by atoms with Crippen LogP contribution in [0.5, 0.6) is 0 Å². The second-order valence-corrected chi connectivity index (χ2v) is 7.32. The fraction of sp³-hybridized carbons (Fsp3) is 0.611. The van der Waals surface area contributed by atoms with Gasteiger partial charge in [-0.3, -0.25) is 4.79 Å². The van der Waals surface area contributed by atoms with E-state index in [1.54, 1.807) is 0 Å². The summed E-state index contributed by atoms with van der Waals surface area (Å²) >= 11 is 5.94. The lowest BCUT2D eigenvalue weighted by atomic mass is 9.76. The molecule has 2 aliphatic heterocycles. The Morgan fingerprint density at radius 3 is 2.70 bits per heavy atom. The summed E-state index contributed by atoms with van der Waals surface area (Å²) in [6.45, 7) is 2.98. The first-order valence-electron chi connectivity index (χ1n) is 8.39. The van der Waals surface area contributed by atoms with Gasteiger partial charge in [-0.1, -0.05) is 23.7 Å². The van der Waals surface area contributed by atoms with Gasteiger partial charge in [0.1, 0.15) is 0 Å². The van der Waals surface area contributed by atoms with Gasteiger partial charge in [0.05, 0.1) is 19.3 Å². The quantitative estimate of drug-likeness (QED) is 0.918. The number of benzene rings is 1. The second kappa shape index (κ2) is 7.20. The molecule has 1 N–H and O–H groups in total. The van der Waals surface area contributed by atoms with Crippen LogP contribution in [0.15, 0.2) is 24.3 Å². The number of rotatable bonds is 4. The van der Waals surface area contributed by atoms with Crippen LogP contribution >= 0.6 is 11.6 Å². The van der Waals surface area contributed by atoms with E-state index >= 15 is 0 Å². The first kappa shape index (κ1) is 16.7. The monoisotopic (exact) mass is 336 g/mol. The van der Waals surface area contributed by atoms with Gasteiger partial charge >= 0.3 is 0 Å². The molecule has 1 amide bonds. The van der Waals surface area contributed by atoms with Crippen molar-refractivity contribution >= 4 is 17.5 Å². The Morgan fingerprint density at radius 1 is 1.35 bits per heavy atom. The van der Waals surface area contributed by atoms with Gasteiger partial charge < -0.3 is 15.0 Å². The number of hydrogen-bond acceptors (Lipinski definition) is 3. The maximum atomic E-state index is 12.0. The molecular formula is C18H25ClN2O2. The van der Waals surface area contributed by atoms with Gasteiger partial charge in [0, 0.05) is 18.1 Å². The lowest BCUT2D eigenvalue weighted by Crippen LogP contribution is -2.46. The van der Waals surface area contributed by atoms with E-state index in [4.69, 9.17) is 16.3 Å². The summed E-state index contributed by atoms with van der Waals surface area (Å²) in [5.74, 6) is 0.207. The van der Waals surface area contributed by atoms with E-state index in [2.05, 4.69) is 17.4 Å². The molecule has 2 aliphatic rings. The van der Waals surface area contributed by atoms with E-state index in [0.717, 1.165) is 50.4 Å². The van der Waals surface area contributed by atoms with Crippen molar-refractivity contribution in [3.63, 3.8) is 0 Å². The van der Waals surface area contributed by atoms with E-state index in [1.165, 1.54) is 5.56 Å². The van der Waals surface area contributed by atoms with Gasteiger partial charge in [0.2, 0.25) is 5.91 Å². The van der Waals surface area contributed by atoms with Crippen molar-refractivity contribution in [1.29, 1.82) is 0 Å². The van der Waals surface area contributed by atoms with Crippen LogP contribution in [0.2, 0.25) is 5.02 Å². The molecule has 1 aromatic carbocycles. The number of carbonyl (C=O) groups is 1. The predicted octanol–water partition coefficient (Wildman–Crippen LogP) is 2.50. The van der Waals surface area contributed by atoms with Crippen molar-refractivity contribution in [2.75, 3.05) is 33.3 Å². The van der Waals surface area contributed by atoms with E-state index in [-0.39, 0.29) is 17.4 Å². The zero-order valence-corrected chi connectivity index (χ0v) is 14.4. The van der Waals surface area contributed by atoms with Crippen LogP contribution in [0.1, 0.15) is 24.8 Å². The highest BCUT2D eigenvalue weighted by atomic mass is 35.5.